The van der Waals surface area contributed by atoms with E-state index in [0.29, 0.717) is 12.5 Å². The summed E-state index contributed by atoms with van der Waals surface area (Å²) in [5, 5.41) is 4.32. The second-order valence-corrected chi connectivity index (χ2v) is 8.94. The Hall–Kier alpha value is -1.37. The predicted molar refractivity (Wildman–Crippen MR) is 87.9 cm³/mol. The van der Waals surface area contributed by atoms with Crippen LogP contribution in [-0.4, -0.2) is 41.8 Å². The lowest BCUT2D eigenvalue weighted by Gasteiger charge is -2.25. The monoisotopic (exact) mass is 342 g/mol. The average molecular weight is 342 g/mol. The molecule has 1 atom stereocenters. The summed E-state index contributed by atoms with van der Waals surface area (Å²) < 4.78 is 29.3. The lowest BCUT2D eigenvalue weighted by Crippen LogP contribution is -2.45. The second kappa shape index (κ2) is 7.03. The van der Waals surface area contributed by atoms with Crippen molar-refractivity contribution in [3.8, 4) is 0 Å². The third kappa shape index (κ3) is 3.94. The number of carbonyl (C=O) groups is 1. The normalized spacial score (nSPS) is 18.7. The number of rotatable bonds is 7. The molecule has 0 saturated heterocycles. The van der Waals surface area contributed by atoms with Crippen LogP contribution in [0, 0.1) is 0 Å². The summed E-state index contributed by atoms with van der Waals surface area (Å²) in [5.41, 5.74) is 1.21. The zero-order valence-electron chi connectivity index (χ0n) is 14.1. The molecule has 1 fully saturated rings. The van der Waals surface area contributed by atoms with Crippen LogP contribution in [0.4, 0.5) is 0 Å². The summed E-state index contributed by atoms with van der Waals surface area (Å²) >= 11 is 0. The van der Waals surface area contributed by atoms with Gasteiger partial charge in [-0.15, -0.1) is 0 Å². The van der Waals surface area contributed by atoms with Gasteiger partial charge in [0.1, 0.15) is 0 Å². The molecule has 7 heteroatoms. The van der Waals surface area contributed by atoms with Crippen molar-refractivity contribution in [2.75, 3.05) is 12.9 Å². The van der Waals surface area contributed by atoms with E-state index in [1.54, 1.807) is 11.6 Å². The summed E-state index contributed by atoms with van der Waals surface area (Å²) in [5.74, 6) is -0.124. The minimum Gasteiger partial charge on any atom is -0.465 e. The van der Waals surface area contributed by atoms with Gasteiger partial charge < -0.3 is 4.74 Å². The predicted octanol–water partition coefficient (Wildman–Crippen LogP) is 2.30. The van der Waals surface area contributed by atoms with E-state index in [1.165, 1.54) is 38.2 Å². The van der Waals surface area contributed by atoms with Crippen molar-refractivity contribution in [2.45, 2.75) is 63.2 Å². The topological polar surface area (TPSA) is 78.3 Å². The molecule has 0 bridgehead atoms. The molecule has 6 nitrogen and oxygen atoms in total. The van der Waals surface area contributed by atoms with Gasteiger partial charge in [-0.1, -0.05) is 12.8 Å². The maximum absolute atomic E-state index is 12.1. The van der Waals surface area contributed by atoms with Gasteiger partial charge in [0.15, 0.2) is 14.6 Å². The first kappa shape index (κ1) is 18.0. The Morgan fingerprint density at radius 1 is 1.43 bits per heavy atom. The van der Waals surface area contributed by atoms with E-state index in [4.69, 9.17) is 4.74 Å². The molecule has 0 radical (unpaired) electrons. The summed E-state index contributed by atoms with van der Waals surface area (Å²) in [4.78, 5) is 12.1. The van der Waals surface area contributed by atoms with Crippen LogP contribution in [0.5, 0.6) is 0 Å². The third-order valence-electron chi connectivity index (χ3n) is 4.82. The number of nitrogens with zero attached hydrogens (tertiary/aromatic N) is 2. The average Bonchev–Trinajstić information content (AvgIpc) is 3.14. The maximum atomic E-state index is 12.1. The lowest BCUT2D eigenvalue weighted by molar-refractivity contribution is -0.146. The third-order valence-corrected chi connectivity index (χ3v) is 6.83. The lowest BCUT2D eigenvalue weighted by atomic mass is 10.0. The number of sulfone groups is 1. The Bertz CT molecular complexity index is 647. The minimum absolute atomic E-state index is 0.149. The van der Waals surface area contributed by atoms with Gasteiger partial charge in [-0.05, 0) is 44.6 Å². The van der Waals surface area contributed by atoms with E-state index in [1.807, 2.05) is 12.4 Å². The van der Waals surface area contributed by atoms with Gasteiger partial charge in [-0.2, -0.15) is 5.10 Å². The molecule has 0 aliphatic heterocycles. The molecule has 0 spiro atoms. The summed E-state index contributed by atoms with van der Waals surface area (Å²) in [6.45, 7) is 3.64. The molecule has 0 aromatic carbocycles. The van der Waals surface area contributed by atoms with Crippen LogP contribution in [-0.2, 0) is 25.9 Å². The molecular formula is C16H26N2O4S. The van der Waals surface area contributed by atoms with Gasteiger partial charge in [0.05, 0.1) is 12.8 Å². The van der Waals surface area contributed by atoms with Crippen molar-refractivity contribution in [1.82, 2.24) is 9.78 Å². The first-order valence-electron chi connectivity index (χ1n) is 8.17. The fourth-order valence-corrected chi connectivity index (χ4v) is 3.85. The van der Waals surface area contributed by atoms with Gasteiger partial charge in [-0.25, -0.2) is 8.42 Å². The Balaban J connectivity index is 2.08. The minimum atomic E-state index is -3.58. The molecule has 130 valence electrons. The molecule has 0 amide bonds. The maximum Gasteiger partial charge on any atom is 0.327 e. The van der Waals surface area contributed by atoms with E-state index in [0.717, 1.165) is 6.26 Å². The molecule has 0 N–H and O–H groups in total. The number of esters is 1. The zero-order valence-corrected chi connectivity index (χ0v) is 14.9. The van der Waals surface area contributed by atoms with Gasteiger partial charge in [0.25, 0.3) is 0 Å². The molecule has 23 heavy (non-hydrogen) atoms. The van der Waals surface area contributed by atoms with E-state index in [9.17, 15) is 13.2 Å². The summed E-state index contributed by atoms with van der Waals surface area (Å²) in [7, 11) is -3.58. The van der Waals surface area contributed by atoms with Gasteiger partial charge in [0, 0.05) is 19.0 Å². The summed E-state index contributed by atoms with van der Waals surface area (Å²) in [6.07, 6.45) is 9.95. The first-order chi connectivity index (χ1) is 10.8. The van der Waals surface area contributed by atoms with Crippen LogP contribution < -0.4 is 0 Å². The molecule has 2 rings (SSSR count). The highest BCUT2D eigenvalue weighted by Gasteiger charge is 2.44. The fourth-order valence-electron chi connectivity index (χ4n) is 3.02. The Morgan fingerprint density at radius 2 is 2.09 bits per heavy atom. The largest absolute Gasteiger partial charge is 0.465 e. The molecule has 0 unspecified atom stereocenters. The SMILES string of the molecule is CCOC(=O)[C@@](C)(CCn1cc(C2CCCC2)cn1)S(C)(=O)=O. The molecule has 1 aromatic rings. The number of ether oxygens (including phenoxy) is 1. The van der Waals surface area contributed by atoms with E-state index >= 15 is 0 Å². The second-order valence-electron chi connectivity index (χ2n) is 6.49. The molecule has 1 aromatic heterocycles. The van der Waals surface area contributed by atoms with Gasteiger partial charge >= 0.3 is 5.97 Å². The van der Waals surface area contributed by atoms with Crippen molar-refractivity contribution in [1.29, 1.82) is 0 Å². The Kier molecular flexibility index (Phi) is 5.49. The number of aromatic nitrogens is 2. The van der Waals surface area contributed by atoms with E-state index in [-0.39, 0.29) is 13.0 Å². The highest BCUT2D eigenvalue weighted by molar-refractivity contribution is 7.92. The van der Waals surface area contributed by atoms with Crippen LogP contribution >= 0.6 is 0 Å². The molecular weight excluding hydrogens is 316 g/mol. The summed E-state index contributed by atoms with van der Waals surface area (Å²) in [6, 6.07) is 0. The van der Waals surface area contributed by atoms with E-state index in [2.05, 4.69) is 5.10 Å². The number of hydrogen-bond acceptors (Lipinski definition) is 5. The molecule has 1 aliphatic carbocycles. The van der Waals surface area contributed by atoms with Crippen LogP contribution in [0.15, 0.2) is 12.4 Å². The number of aryl methyl sites for hydroxylation is 1. The van der Waals surface area contributed by atoms with Gasteiger partial charge in [0.2, 0.25) is 0 Å². The van der Waals surface area contributed by atoms with Crippen LogP contribution in [0.3, 0.4) is 0 Å². The van der Waals surface area contributed by atoms with Crippen molar-refractivity contribution in [3.63, 3.8) is 0 Å². The van der Waals surface area contributed by atoms with Crippen molar-refractivity contribution < 1.29 is 17.9 Å². The highest BCUT2D eigenvalue weighted by Crippen LogP contribution is 2.33. The highest BCUT2D eigenvalue weighted by atomic mass is 32.2. The number of hydrogen-bond donors (Lipinski definition) is 0. The Morgan fingerprint density at radius 3 is 2.65 bits per heavy atom. The van der Waals surface area contributed by atoms with Crippen LogP contribution in [0.2, 0.25) is 0 Å². The first-order valence-corrected chi connectivity index (χ1v) is 10.1. The fraction of sp³-hybridized carbons (Fsp3) is 0.750. The van der Waals surface area contributed by atoms with E-state index < -0.39 is 20.6 Å². The standard InChI is InChI=1S/C16H26N2O4S/c1-4-22-15(19)16(2,23(3,20)21)9-10-18-12-14(11-17-18)13-7-5-6-8-13/h11-13H,4-10H2,1-3H3/t16-/m1/s1. The quantitative estimate of drug-likeness (QED) is 0.711. The smallest absolute Gasteiger partial charge is 0.327 e. The van der Waals surface area contributed by atoms with Gasteiger partial charge in [-0.3, -0.25) is 9.48 Å². The Labute approximate surface area is 138 Å². The zero-order chi connectivity index (χ0) is 17.1. The number of carbonyl (C=O) groups excluding carboxylic acids is 1. The van der Waals surface area contributed by atoms with Crippen molar-refractivity contribution in [2.24, 2.45) is 0 Å². The van der Waals surface area contributed by atoms with Crippen molar-refractivity contribution in [3.05, 3.63) is 18.0 Å². The van der Waals surface area contributed by atoms with Crippen molar-refractivity contribution >= 4 is 15.8 Å². The van der Waals surface area contributed by atoms with Crippen LogP contribution in [0.1, 0.15) is 57.4 Å². The molecule has 1 saturated carbocycles. The molecule has 1 aliphatic rings. The van der Waals surface area contributed by atoms with Crippen LogP contribution in [0.25, 0.3) is 0 Å². The molecule has 1 heterocycles.